The minimum atomic E-state index is -0.0116. The summed E-state index contributed by atoms with van der Waals surface area (Å²) >= 11 is 0. The highest BCUT2D eigenvalue weighted by Gasteiger charge is 2.20. The van der Waals surface area contributed by atoms with Crippen molar-refractivity contribution in [2.75, 3.05) is 20.6 Å². The van der Waals surface area contributed by atoms with E-state index >= 15 is 0 Å². The molecule has 0 spiro atoms. The van der Waals surface area contributed by atoms with E-state index in [1.165, 1.54) is 16.7 Å². The molecule has 2 atom stereocenters. The Morgan fingerprint density at radius 3 is 2.50 bits per heavy atom. The highest BCUT2D eigenvalue weighted by molar-refractivity contribution is 5.85. The summed E-state index contributed by atoms with van der Waals surface area (Å²) in [5, 5.41) is 7.03. The lowest BCUT2D eigenvalue weighted by Crippen LogP contribution is -2.46. The monoisotopic (exact) mass is 378 g/mol. The first kappa shape index (κ1) is 19.9. The van der Waals surface area contributed by atoms with Crippen LogP contribution in [0.1, 0.15) is 36.1 Å². The molecule has 5 nitrogen and oxygen atoms in total. The van der Waals surface area contributed by atoms with E-state index in [1.807, 2.05) is 18.2 Å². The highest BCUT2D eigenvalue weighted by Crippen LogP contribution is 2.21. The molecule has 2 aromatic rings. The van der Waals surface area contributed by atoms with Crippen LogP contribution in [0, 0.1) is 0 Å². The summed E-state index contributed by atoms with van der Waals surface area (Å²) in [4.78, 5) is 18.2. The van der Waals surface area contributed by atoms with Crippen molar-refractivity contribution in [2.45, 2.75) is 38.3 Å². The SMILES string of the molecule is CC(NC(=NCC(=O)N(C)C)NC1CCc2ccccc2C1)c1ccccc1. The summed E-state index contributed by atoms with van der Waals surface area (Å²) in [7, 11) is 3.51. The molecule has 1 amide bonds. The van der Waals surface area contributed by atoms with E-state index in [4.69, 9.17) is 0 Å². The lowest BCUT2D eigenvalue weighted by atomic mass is 9.88. The number of nitrogens with zero attached hydrogens (tertiary/aromatic N) is 2. The van der Waals surface area contributed by atoms with Crippen molar-refractivity contribution in [2.24, 2.45) is 4.99 Å². The van der Waals surface area contributed by atoms with Gasteiger partial charge in [-0.05, 0) is 42.9 Å². The maximum absolute atomic E-state index is 12.0. The Morgan fingerprint density at radius 2 is 1.79 bits per heavy atom. The average Bonchev–Trinajstić information content (AvgIpc) is 2.72. The van der Waals surface area contributed by atoms with E-state index in [0.29, 0.717) is 12.0 Å². The summed E-state index contributed by atoms with van der Waals surface area (Å²) in [5.74, 6) is 0.679. The average molecular weight is 379 g/mol. The van der Waals surface area contributed by atoms with Crippen molar-refractivity contribution in [1.82, 2.24) is 15.5 Å². The number of guanidine groups is 1. The summed E-state index contributed by atoms with van der Waals surface area (Å²) in [6.07, 6.45) is 3.09. The van der Waals surface area contributed by atoms with Crippen molar-refractivity contribution in [3.8, 4) is 0 Å². The zero-order valence-corrected chi connectivity index (χ0v) is 17.0. The van der Waals surface area contributed by atoms with Crippen molar-refractivity contribution >= 4 is 11.9 Å². The van der Waals surface area contributed by atoms with Crippen LogP contribution in [0.3, 0.4) is 0 Å². The number of rotatable bonds is 5. The van der Waals surface area contributed by atoms with Gasteiger partial charge >= 0.3 is 0 Å². The van der Waals surface area contributed by atoms with Gasteiger partial charge in [0.25, 0.3) is 0 Å². The molecule has 28 heavy (non-hydrogen) atoms. The van der Waals surface area contributed by atoms with Gasteiger partial charge in [-0.15, -0.1) is 0 Å². The molecule has 0 aromatic heterocycles. The molecule has 1 aliphatic rings. The smallest absolute Gasteiger partial charge is 0.243 e. The predicted molar refractivity (Wildman–Crippen MR) is 114 cm³/mol. The molecule has 3 rings (SSSR count). The van der Waals surface area contributed by atoms with Crippen molar-refractivity contribution in [3.05, 3.63) is 71.3 Å². The number of likely N-dealkylation sites (N-methyl/N-ethyl adjacent to an activating group) is 1. The topological polar surface area (TPSA) is 56.7 Å². The van der Waals surface area contributed by atoms with Gasteiger partial charge in [0, 0.05) is 20.1 Å². The molecular weight excluding hydrogens is 348 g/mol. The molecule has 2 N–H and O–H groups in total. The molecule has 0 radical (unpaired) electrons. The number of aliphatic imine (C=N–C) groups is 1. The molecule has 148 valence electrons. The third kappa shape index (κ3) is 5.35. The van der Waals surface area contributed by atoms with E-state index in [2.05, 4.69) is 58.9 Å². The standard InChI is InChI=1S/C23H30N4O/c1-17(18-9-5-4-6-10-18)25-23(24-16-22(28)27(2)3)26-21-14-13-19-11-7-8-12-20(19)15-21/h4-12,17,21H,13-16H2,1-3H3,(H2,24,25,26). The molecular formula is C23H30N4O. The normalized spacial score (nSPS) is 17.4. The molecule has 0 bridgehead atoms. The Bertz CT molecular complexity index is 816. The molecule has 0 aliphatic heterocycles. The number of fused-ring (bicyclic) bond motifs is 1. The van der Waals surface area contributed by atoms with E-state index in [0.717, 1.165) is 19.3 Å². The number of nitrogens with one attached hydrogen (secondary N) is 2. The fraction of sp³-hybridized carbons (Fsp3) is 0.391. The van der Waals surface area contributed by atoms with Crippen LogP contribution in [0.2, 0.25) is 0 Å². The van der Waals surface area contributed by atoms with Crippen LogP contribution < -0.4 is 10.6 Å². The van der Waals surface area contributed by atoms with E-state index in [1.54, 1.807) is 19.0 Å². The molecule has 1 aliphatic carbocycles. The lowest BCUT2D eigenvalue weighted by Gasteiger charge is -2.28. The molecule has 2 unspecified atom stereocenters. The molecule has 0 saturated heterocycles. The maximum Gasteiger partial charge on any atom is 0.243 e. The van der Waals surface area contributed by atoms with Crippen LogP contribution in [-0.2, 0) is 17.6 Å². The zero-order chi connectivity index (χ0) is 19.9. The second-order valence-corrected chi connectivity index (χ2v) is 7.58. The van der Waals surface area contributed by atoms with Crippen LogP contribution in [0.25, 0.3) is 0 Å². The van der Waals surface area contributed by atoms with Gasteiger partial charge in [0.15, 0.2) is 5.96 Å². The Kier molecular flexibility index (Phi) is 6.69. The number of aryl methyl sites for hydroxylation is 1. The van der Waals surface area contributed by atoms with Gasteiger partial charge in [-0.25, -0.2) is 4.99 Å². The predicted octanol–water partition coefficient (Wildman–Crippen LogP) is 2.93. The number of hydrogen-bond donors (Lipinski definition) is 2. The van der Waals surface area contributed by atoms with Crippen molar-refractivity contribution < 1.29 is 4.79 Å². The lowest BCUT2D eigenvalue weighted by molar-refractivity contribution is -0.127. The van der Waals surface area contributed by atoms with Crippen LogP contribution in [0.15, 0.2) is 59.6 Å². The first-order chi connectivity index (χ1) is 13.5. The summed E-state index contributed by atoms with van der Waals surface area (Å²) in [6, 6.07) is 19.3. The van der Waals surface area contributed by atoms with Gasteiger partial charge in [-0.3, -0.25) is 4.79 Å². The van der Waals surface area contributed by atoms with Crippen LogP contribution in [0.5, 0.6) is 0 Å². The summed E-state index contributed by atoms with van der Waals surface area (Å²) in [6.45, 7) is 2.24. The zero-order valence-electron chi connectivity index (χ0n) is 17.0. The minimum absolute atomic E-state index is 0.0116. The third-order valence-electron chi connectivity index (χ3n) is 5.21. The minimum Gasteiger partial charge on any atom is -0.353 e. The Labute approximate surface area is 167 Å². The number of carbonyl (C=O) groups excluding carboxylic acids is 1. The van der Waals surface area contributed by atoms with Crippen molar-refractivity contribution in [3.63, 3.8) is 0 Å². The van der Waals surface area contributed by atoms with E-state index < -0.39 is 0 Å². The van der Waals surface area contributed by atoms with E-state index in [-0.39, 0.29) is 18.5 Å². The van der Waals surface area contributed by atoms with Gasteiger partial charge in [-0.1, -0.05) is 54.6 Å². The van der Waals surface area contributed by atoms with Crippen LogP contribution in [0.4, 0.5) is 0 Å². The molecule has 0 saturated carbocycles. The molecule has 5 heteroatoms. The Hall–Kier alpha value is -2.82. The number of amides is 1. The van der Waals surface area contributed by atoms with Gasteiger partial charge < -0.3 is 15.5 Å². The van der Waals surface area contributed by atoms with Gasteiger partial charge in [-0.2, -0.15) is 0 Å². The number of carbonyl (C=O) groups is 1. The maximum atomic E-state index is 12.0. The van der Waals surface area contributed by atoms with Crippen LogP contribution >= 0.6 is 0 Å². The van der Waals surface area contributed by atoms with Gasteiger partial charge in [0.05, 0.1) is 6.04 Å². The first-order valence-electron chi connectivity index (χ1n) is 9.92. The molecule has 0 fully saturated rings. The first-order valence-corrected chi connectivity index (χ1v) is 9.92. The quantitative estimate of drug-likeness (QED) is 0.621. The fourth-order valence-electron chi connectivity index (χ4n) is 3.47. The number of hydrogen-bond acceptors (Lipinski definition) is 2. The number of benzene rings is 2. The summed E-state index contributed by atoms with van der Waals surface area (Å²) in [5.41, 5.74) is 4.02. The van der Waals surface area contributed by atoms with Crippen LogP contribution in [-0.4, -0.2) is 43.4 Å². The van der Waals surface area contributed by atoms with E-state index in [9.17, 15) is 4.79 Å². The third-order valence-corrected chi connectivity index (χ3v) is 5.21. The largest absolute Gasteiger partial charge is 0.353 e. The van der Waals surface area contributed by atoms with Gasteiger partial charge in [0.1, 0.15) is 6.54 Å². The fourth-order valence-corrected chi connectivity index (χ4v) is 3.47. The summed E-state index contributed by atoms with van der Waals surface area (Å²) < 4.78 is 0. The molecule has 2 aromatic carbocycles. The second kappa shape index (κ2) is 9.40. The second-order valence-electron chi connectivity index (χ2n) is 7.58. The van der Waals surface area contributed by atoms with Gasteiger partial charge in [0.2, 0.25) is 5.91 Å². The highest BCUT2D eigenvalue weighted by atomic mass is 16.2. The molecule has 0 heterocycles. The van der Waals surface area contributed by atoms with Crippen molar-refractivity contribution in [1.29, 1.82) is 0 Å². The Morgan fingerprint density at radius 1 is 1.11 bits per heavy atom. The Balaban J connectivity index is 1.71.